The first-order chi connectivity index (χ1) is 8.15. The Balaban J connectivity index is 3.20. The molecular formula is C13H15NO3. The maximum Gasteiger partial charge on any atom is 0.309 e. The van der Waals surface area contributed by atoms with Gasteiger partial charge in [0.05, 0.1) is 26.2 Å². The van der Waals surface area contributed by atoms with Crippen molar-refractivity contribution in [3.63, 3.8) is 0 Å². The zero-order valence-electron chi connectivity index (χ0n) is 10.2. The number of hydrogen-bond donors (Lipinski definition) is 0. The molecule has 0 aliphatic heterocycles. The van der Waals surface area contributed by atoms with Crippen molar-refractivity contribution in [3.8, 4) is 11.8 Å². The van der Waals surface area contributed by atoms with E-state index in [1.807, 2.05) is 6.92 Å². The first-order valence-electron chi connectivity index (χ1n) is 5.32. The Morgan fingerprint density at radius 1 is 1.35 bits per heavy atom. The molecule has 0 heterocycles. The van der Waals surface area contributed by atoms with Crippen LogP contribution in [0.15, 0.2) is 12.1 Å². The van der Waals surface area contributed by atoms with Crippen LogP contribution in [0.4, 0.5) is 0 Å². The molecule has 90 valence electrons. The molecule has 0 aliphatic carbocycles. The Kier molecular flexibility index (Phi) is 4.53. The maximum atomic E-state index is 11.3. The molecule has 4 nitrogen and oxygen atoms in total. The molecule has 0 bridgehead atoms. The minimum atomic E-state index is -0.300. The summed E-state index contributed by atoms with van der Waals surface area (Å²) in [7, 11) is 2.86. The van der Waals surface area contributed by atoms with Gasteiger partial charge in [-0.05, 0) is 29.7 Å². The normalized spacial score (nSPS) is 9.53. The number of aryl methyl sites for hydroxylation is 1. The predicted octanol–water partition coefficient (Wildman–Crippen LogP) is 1.84. The summed E-state index contributed by atoms with van der Waals surface area (Å²) in [4.78, 5) is 11.3. The maximum absolute atomic E-state index is 11.3. The molecule has 0 amide bonds. The van der Waals surface area contributed by atoms with Crippen molar-refractivity contribution in [3.05, 3.63) is 28.8 Å². The number of benzene rings is 1. The van der Waals surface area contributed by atoms with E-state index in [1.165, 1.54) is 14.2 Å². The SMILES string of the molecule is CCc1cc(C#N)c(OC)cc1CC(=O)OC. The Morgan fingerprint density at radius 2 is 2.06 bits per heavy atom. The summed E-state index contributed by atoms with van der Waals surface area (Å²) in [6.45, 7) is 1.98. The zero-order chi connectivity index (χ0) is 12.8. The number of nitrogens with zero attached hydrogens (tertiary/aromatic N) is 1. The third-order valence-electron chi connectivity index (χ3n) is 2.59. The number of hydrogen-bond acceptors (Lipinski definition) is 4. The summed E-state index contributed by atoms with van der Waals surface area (Å²) >= 11 is 0. The summed E-state index contributed by atoms with van der Waals surface area (Å²) in [6, 6.07) is 5.57. The third-order valence-corrected chi connectivity index (χ3v) is 2.59. The summed E-state index contributed by atoms with van der Waals surface area (Å²) in [6.07, 6.45) is 0.951. The molecule has 0 spiro atoms. The Morgan fingerprint density at radius 3 is 2.53 bits per heavy atom. The second-order valence-electron chi connectivity index (χ2n) is 3.54. The molecule has 4 heteroatoms. The lowest BCUT2D eigenvalue weighted by atomic mass is 9.99. The van der Waals surface area contributed by atoms with Crippen LogP contribution >= 0.6 is 0 Å². The molecule has 0 fully saturated rings. The second kappa shape index (κ2) is 5.90. The molecule has 17 heavy (non-hydrogen) atoms. The fourth-order valence-electron chi connectivity index (χ4n) is 1.64. The predicted molar refractivity (Wildman–Crippen MR) is 62.8 cm³/mol. The number of carbonyl (C=O) groups is 1. The van der Waals surface area contributed by atoms with Crippen LogP contribution in [0.5, 0.6) is 5.75 Å². The van der Waals surface area contributed by atoms with Gasteiger partial charge in [0, 0.05) is 0 Å². The molecule has 1 aromatic rings. The van der Waals surface area contributed by atoms with Gasteiger partial charge in [-0.1, -0.05) is 6.92 Å². The fourth-order valence-corrected chi connectivity index (χ4v) is 1.64. The molecule has 0 aromatic heterocycles. The van der Waals surface area contributed by atoms with Gasteiger partial charge in [-0.25, -0.2) is 0 Å². The van der Waals surface area contributed by atoms with Crippen molar-refractivity contribution in [1.82, 2.24) is 0 Å². The number of nitriles is 1. The molecule has 1 aromatic carbocycles. The van der Waals surface area contributed by atoms with E-state index in [2.05, 4.69) is 10.8 Å². The molecule has 0 atom stereocenters. The smallest absolute Gasteiger partial charge is 0.309 e. The Bertz CT molecular complexity index is 460. The van der Waals surface area contributed by atoms with E-state index < -0.39 is 0 Å². The number of ether oxygens (including phenoxy) is 2. The van der Waals surface area contributed by atoms with E-state index in [9.17, 15) is 4.79 Å². The number of carbonyl (C=O) groups excluding carboxylic acids is 1. The molecule has 0 aliphatic rings. The van der Waals surface area contributed by atoms with Crippen molar-refractivity contribution in [2.75, 3.05) is 14.2 Å². The van der Waals surface area contributed by atoms with Gasteiger partial charge in [-0.3, -0.25) is 4.79 Å². The number of esters is 1. The second-order valence-corrected chi connectivity index (χ2v) is 3.54. The van der Waals surface area contributed by atoms with Crippen molar-refractivity contribution in [2.45, 2.75) is 19.8 Å². The van der Waals surface area contributed by atoms with Crippen LogP contribution in [-0.2, 0) is 22.4 Å². The zero-order valence-corrected chi connectivity index (χ0v) is 10.2. The van der Waals surface area contributed by atoms with Crippen LogP contribution in [0.25, 0.3) is 0 Å². The van der Waals surface area contributed by atoms with Crippen molar-refractivity contribution < 1.29 is 14.3 Å². The quantitative estimate of drug-likeness (QED) is 0.744. The van der Waals surface area contributed by atoms with Gasteiger partial charge < -0.3 is 9.47 Å². The minimum absolute atomic E-state index is 0.196. The van der Waals surface area contributed by atoms with Gasteiger partial charge in [0.2, 0.25) is 0 Å². The summed E-state index contributed by atoms with van der Waals surface area (Å²) in [5.74, 6) is 0.190. The first-order valence-corrected chi connectivity index (χ1v) is 5.32. The average molecular weight is 233 g/mol. The van der Waals surface area contributed by atoms with Crippen LogP contribution < -0.4 is 4.74 Å². The lowest BCUT2D eigenvalue weighted by molar-refractivity contribution is -0.139. The van der Waals surface area contributed by atoms with Crippen molar-refractivity contribution >= 4 is 5.97 Å². The van der Waals surface area contributed by atoms with Gasteiger partial charge in [-0.15, -0.1) is 0 Å². The van der Waals surface area contributed by atoms with Crippen LogP contribution in [0.2, 0.25) is 0 Å². The largest absolute Gasteiger partial charge is 0.495 e. The molecule has 0 N–H and O–H groups in total. The van der Waals surface area contributed by atoms with E-state index >= 15 is 0 Å². The standard InChI is InChI=1S/C13H15NO3/c1-4-9-5-11(8-14)12(16-2)6-10(9)7-13(15)17-3/h5-6H,4,7H2,1-3H3. The van der Waals surface area contributed by atoms with Gasteiger partial charge >= 0.3 is 5.97 Å². The van der Waals surface area contributed by atoms with Gasteiger partial charge in [0.25, 0.3) is 0 Å². The molecule has 0 saturated heterocycles. The molecule has 1 rings (SSSR count). The highest BCUT2D eigenvalue weighted by Gasteiger charge is 2.12. The van der Waals surface area contributed by atoms with Gasteiger partial charge in [0.1, 0.15) is 11.8 Å². The fraction of sp³-hybridized carbons (Fsp3) is 0.385. The van der Waals surface area contributed by atoms with E-state index in [0.717, 1.165) is 17.5 Å². The van der Waals surface area contributed by atoms with Crippen molar-refractivity contribution in [2.24, 2.45) is 0 Å². The lowest BCUT2D eigenvalue weighted by Gasteiger charge is -2.11. The van der Waals surface area contributed by atoms with Crippen LogP contribution in [0, 0.1) is 11.3 Å². The number of methoxy groups -OCH3 is 2. The van der Waals surface area contributed by atoms with Gasteiger partial charge in [0.15, 0.2) is 0 Å². The third kappa shape index (κ3) is 2.97. The minimum Gasteiger partial charge on any atom is -0.495 e. The number of rotatable bonds is 4. The first kappa shape index (κ1) is 13.0. The van der Waals surface area contributed by atoms with Gasteiger partial charge in [-0.2, -0.15) is 5.26 Å². The monoisotopic (exact) mass is 233 g/mol. The highest BCUT2D eigenvalue weighted by molar-refractivity contribution is 5.73. The van der Waals surface area contributed by atoms with Crippen molar-refractivity contribution in [1.29, 1.82) is 5.26 Å². The summed E-state index contributed by atoms with van der Waals surface area (Å²) < 4.78 is 9.76. The summed E-state index contributed by atoms with van der Waals surface area (Å²) in [5.41, 5.74) is 2.29. The summed E-state index contributed by atoms with van der Waals surface area (Å²) in [5, 5.41) is 8.97. The molecular weight excluding hydrogens is 218 g/mol. The van der Waals surface area contributed by atoms with E-state index in [-0.39, 0.29) is 12.4 Å². The van der Waals surface area contributed by atoms with Crippen LogP contribution in [-0.4, -0.2) is 20.2 Å². The Hall–Kier alpha value is -2.02. The Labute approximate surface area is 101 Å². The highest BCUT2D eigenvalue weighted by atomic mass is 16.5. The lowest BCUT2D eigenvalue weighted by Crippen LogP contribution is -2.07. The van der Waals surface area contributed by atoms with Crippen LogP contribution in [0.3, 0.4) is 0 Å². The highest BCUT2D eigenvalue weighted by Crippen LogP contribution is 2.24. The topological polar surface area (TPSA) is 59.3 Å². The van der Waals surface area contributed by atoms with E-state index in [1.54, 1.807) is 12.1 Å². The molecule has 0 unspecified atom stereocenters. The average Bonchev–Trinajstić information content (AvgIpc) is 2.37. The molecule has 0 radical (unpaired) electrons. The van der Waals surface area contributed by atoms with Crippen LogP contribution in [0.1, 0.15) is 23.6 Å². The van der Waals surface area contributed by atoms with E-state index in [0.29, 0.717) is 11.3 Å². The molecule has 0 saturated carbocycles. The van der Waals surface area contributed by atoms with E-state index in [4.69, 9.17) is 10.00 Å².